The van der Waals surface area contributed by atoms with Crippen molar-refractivity contribution in [3.8, 4) is 0 Å². The molecule has 0 saturated carbocycles. The third kappa shape index (κ3) is 49.3. The highest BCUT2D eigenvalue weighted by Crippen LogP contribution is 2.15. The summed E-state index contributed by atoms with van der Waals surface area (Å²) in [7, 11) is 0. The van der Waals surface area contributed by atoms with Gasteiger partial charge in [0.25, 0.3) is 0 Å². The maximum Gasteiger partial charge on any atom is 0.305 e. The molecule has 0 saturated heterocycles. The molecule has 2 atom stereocenters. The molecule has 1 amide bonds. The second-order valence-electron chi connectivity index (χ2n) is 18.9. The Kier molecular flexibility index (Phi) is 51.6. The zero-order valence-corrected chi connectivity index (χ0v) is 42.5. The molecule has 0 aromatic carbocycles. The van der Waals surface area contributed by atoms with Gasteiger partial charge in [0.2, 0.25) is 5.91 Å². The van der Waals surface area contributed by atoms with Gasteiger partial charge in [-0.2, -0.15) is 0 Å². The quantitative estimate of drug-likeness (QED) is 0.0321. The number of hydrogen-bond acceptors (Lipinski definition) is 5. The summed E-state index contributed by atoms with van der Waals surface area (Å²) in [4.78, 5) is 24.4. The Hall–Kier alpha value is -2.18. The SMILES string of the molecule is CCCC/C=C\C/C=C\CCCCCCCC(=O)OCCCCCCCCCCCCCC/C=C\CCCCCCCCCCC(=O)NC(CO)C(O)/C=C/CCCCCCCCC. The number of carbonyl (C=O) groups is 2. The number of allylic oxidation sites excluding steroid dienone is 7. The second kappa shape index (κ2) is 53.4. The van der Waals surface area contributed by atoms with E-state index in [9.17, 15) is 19.8 Å². The molecule has 6 heteroatoms. The number of ether oxygens (including phenoxy) is 1. The molecule has 3 N–H and O–H groups in total. The highest BCUT2D eigenvalue weighted by Gasteiger charge is 2.18. The lowest BCUT2D eigenvalue weighted by Crippen LogP contribution is -2.45. The first-order valence-corrected chi connectivity index (χ1v) is 27.9. The first kappa shape index (κ1) is 61.8. The van der Waals surface area contributed by atoms with E-state index in [1.54, 1.807) is 6.08 Å². The van der Waals surface area contributed by atoms with Crippen LogP contribution in [-0.4, -0.2) is 47.4 Å². The van der Waals surface area contributed by atoms with Crippen LogP contribution < -0.4 is 5.32 Å². The van der Waals surface area contributed by atoms with Crippen LogP contribution in [0, 0.1) is 0 Å². The van der Waals surface area contributed by atoms with Gasteiger partial charge in [0.15, 0.2) is 0 Å². The standard InChI is InChI=1S/C58H107NO5/c1-3-5-7-9-11-13-14-15-29-32-36-40-44-48-52-58(63)64-53-49-45-41-37-33-30-27-25-23-21-19-17-16-18-20-22-24-26-28-31-35-39-43-47-51-57(62)59-55(54-60)56(61)50-46-42-38-34-12-10-8-6-4-2/h9,11,14-15,18,20,46,50,55-56,60-61H,3-8,10,12-13,16-17,19,21-45,47-49,51-54H2,1-2H3,(H,59,62)/b11-9-,15-14-,20-18-,50-46+. The number of rotatable bonds is 51. The topological polar surface area (TPSA) is 95.9 Å². The summed E-state index contributed by atoms with van der Waals surface area (Å²) in [5.74, 6) is -0.0797. The molecule has 64 heavy (non-hydrogen) atoms. The van der Waals surface area contributed by atoms with Gasteiger partial charge in [0.05, 0.1) is 25.4 Å². The van der Waals surface area contributed by atoms with Crippen LogP contribution in [0.25, 0.3) is 0 Å². The number of aliphatic hydroxyl groups excluding tert-OH is 2. The normalized spacial score (nSPS) is 13.0. The summed E-state index contributed by atoms with van der Waals surface area (Å²) in [5, 5.41) is 22.9. The van der Waals surface area contributed by atoms with Gasteiger partial charge >= 0.3 is 5.97 Å². The maximum absolute atomic E-state index is 12.4. The van der Waals surface area contributed by atoms with Crippen LogP contribution in [0.4, 0.5) is 0 Å². The Morgan fingerprint density at radius 1 is 0.438 bits per heavy atom. The molecule has 0 rings (SSSR count). The van der Waals surface area contributed by atoms with E-state index < -0.39 is 12.1 Å². The number of esters is 1. The van der Waals surface area contributed by atoms with Crippen molar-refractivity contribution in [1.82, 2.24) is 5.32 Å². The minimum Gasteiger partial charge on any atom is -0.466 e. The Bertz CT molecular complexity index is 1080. The Morgan fingerprint density at radius 3 is 1.25 bits per heavy atom. The van der Waals surface area contributed by atoms with E-state index in [1.807, 2.05) is 6.08 Å². The van der Waals surface area contributed by atoms with Crippen LogP contribution in [0.2, 0.25) is 0 Å². The molecule has 2 unspecified atom stereocenters. The molecule has 0 fully saturated rings. The van der Waals surface area contributed by atoms with Crippen LogP contribution in [0.15, 0.2) is 48.6 Å². The molecule has 0 bridgehead atoms. The fourth-order valence-electron chi connectivity index (χ4n) is 8.23. The molecular formula is C58H107NO5. The monoisotopic (exact) mass is 898 g/mol. The summed E-state index contributed by atoms with van der Waals surface area (Å²) in [5.41, 5.74) is 0. The first-order chi connectivity index (χ1) is 31.5. The molecule has 0 aliphatic carbocycles. The van der Waals surface area contributed by atoms with E-state index >= 15 is 0 Å². The van der Waals surface area contributed by atoms with Crippen LogP contribution >= 0.6 is 0 Å². The van der Waals surface area contributed by atoms with Crippen molar-refractivity contribution >= 4 is 11.9 Å². The van der Waals surface area contributed by atoms with Crippen molar-refractivity contribution in [1.29, 1.82) is 0 Å². The number of aliphatic hydroxyl groups is 2. The number of carbonyl (C=O) groups excluding carboxylic acids is 2. The minimum absolute atomic E-state index is 0.00350. The first-order valence-electron chi connectivity index (χ1n) is 27.9. The molecule has 0 aromatic heterocycles. The molecule has 0 aromatic rings. The molecule has 0 aliphatic heterocycles. The number of nitrogens with one attached hydrogen (secondary N) is 1. The lowest BCUT2D eigenvalue weighted by Gasteiger charge is -2.20. The van der Waals surface area contributed by atoms with Gasteiger partial charge in [-0.25, -0.2) is 0 Å². The fraction of sp³-hybridized carbons (Fsp3) is 0.828. The van der Waals surface area contributed by atoms with Crippen LogP contribution in [-0.2, 0) is 14.3 Å². The molecule has 0 radical (unpaired) electrons. The highest BCUT2D eigenvalue weighted by atomic mass is 16.5. The summed E-state index contributed by atoms with van der Waals surface area (Å²) < 4.78 is 5.46. The second-order valence-corrected chi connectivity index (χ2v) is 18.9. The van der Waals surface area contributed by atoms with Crippen molar-refractivity contribution in [3.63, 3.8) is 0 Å². The lowest BCUT2D eigenvalue weighted by molar-refractivity contribution is -0.143. The summed E-state index contributed by atoms with van der Waals surface area (Å²) in [6, 6.07) is -0.629. The van der Waals surface area contributed by atoms with Gasteiger partial charge in [-0.1, -0.05) is 236 Å². The largest absolute Gasteiger partial charge is 0.466 e. The molecule has 0 spiro atoms. The van der Waals surface area contributed by atoms with E-state index in [2.05, 4.69) is 55.6 Å². The highest BCUT2D eigenvalue weighted by molar-refractivity contribution is 5.76. The van der Waals surface area contributed by atoms with Crippen LogP contribution in [0.3, 0.4) is 0 Å². The predicted molar refractivity (Wildman–Crippen MR) is 278 cm³/mol. The van der Waals surface area contributed by atoms with Crippen molar-refractivity contribution in [2.75, 3.05) is 13.2 Å². The van der Waals surface area contributed by atoms with Crippen molar-refractivity contribution in [3.05, 3.63) is 48.6 Å². The molecule has 6 nitrogen and oxygen atoms in total. The van der Waals surface area contributed by atoms with Gasteiger partial charge in [0.1, 0.15) is 0 Å². The van der Waals surface area contributed by atoms with E-state index in [0.29, 0.717) is 19.4 Å². The average molecular weight is 898 g/mol. The fourth-order valence-corrected chi connectivity index (χ4v) is 8.23. The van der Waals surface area contributed by atoms with E-state index in [4.69, 9.17) is 4.74 Å². The summed E-state index contributed by atoms with van der Waals surface area (Å²) >= 11 is 0. The van der Waals surface area contributed by atoms with Crippen molar-refractivity contribution in [2.45, 2.75) is 296 Å². The Morgan fingerprint density at radius 2 is 0.797 bits per heavy atom. The molecule has 0 heterocycles. The Labute approximate surface area is 397 Å². The van der Waals surface area contributed by atoms with Gasteiger partial charge in [0, 0.05) is 12.8 Å². The van der Waals surface area contributed by atoms with Gasteiger partial charge in [-0.15, -0.1) is 0 Å². The molecular weight excluding hydrogens is 791 g/mol. The van der Waals surface area contributed by atoms with Crippen molar-refractivity contribution < 1.29 is 24.5 Å². The minimum atomic E-state index is -0.845. The Balaban J connectivity index is 3.40. The van der Waals surface area contributed by atoms with Gasteiger partial charge in [-0.05, 0) is 83.5 Å². The van der Waals surface area contributed by atoms with Gasteiger partial charge < -0.3 is 20.3 Å². The lowest BCUT2D eigenvalue weighted by atomic mass is 10.0. The zero-order valence-electron chi connectivity index (χ0n) is 42.5. The number of unbranched alkanes of at least 4 members (excludes halogenated alkanes) is 34. The zero-order chi connectivity index (χ0) is 46.5. The van der Waals surface area contributed by atoms with E-state index in [-0.39, 0.29) is 18.5 Å². The number of amides is 1. The number of hydrogen-bond donors (Lipinski definition) is 3. The molecule has 0 aliphatic rings. The molecule has 374 valence electrons. The third-order valence-corrected chi connectivity index (χ3v) is 12.6. The maximum atomic E-state index is 12.4. The van der Waals surface area contributed by atoms with E-state index in [1.165, 1.54) is 205 Å². The predicted octanol–water partition coefficient (Wildman–Crippen LogP) is 17.0. The smallest absolute Gasteiger partial charge is 0.305 e. The summed E-state index contributed by atoms with van der Waals surface area (Å²) in [6.45, 7) is 4.82. The van der Waals surface area contributed by atoms with Crippen molar-refractivity contribution in [2.24, 2.45) is 0 Å². The average Bonchev–Trinajstić information content (AvgIpc) is 3.29. The van der Waals surface area contributed by atoms with Crippen LogP contribution in [0.5, 0.6) is 0 Å². The van der Waals surface area contributed by atoms with Crippen LogP contribution in [0.1, 0.15) is 284 Å². The summed E-state index contributed by atoms with van der Waals surface area (Å²) in [6.07, 6.45) is 67.1. The van der Waals surface area contributed by atoms with E-state index in [0.717, 1.165) is 51.4 Å². The van der Waals surface area contributed by atoms with Gasteiger partial charge in [-0.3, -0.25) is 9.59 Å². The third-order valence-electron chi connectivity index (χ3n) is 12.6.